The molecule has 0 saturated carbocycles. The van der Waals surface area contributed by atoms with Crippen LogP contribution in [-0.2, 0) is 21.5 Å². The normalized spacial score (nSPS) is 21.9. The highest BCUT2D eigenvalue weighted by atomic mass is 127. The number of carbonyl (C=O) groups excluding carboxylic acids is 1. The molecule has 0 amide bonds. The summed E-state index contributed by atoms with van der Waals surface area (Å²) in [5.41, 5.74) is 8.40. The number of rotatable bonds is 5. The van der Waals surface area contributed by atoms with Crippen molar-refractivity contribution >= 4 is 28.6 Å². The molecule has 0 N–H and O–H groups in total. The van der Waals surface area contributed by atoms with Crippen molar-refractivity contribution in [2.75, 3.05) is 6.54 Å². The number of carbonyl (C=O) groups is 1. The minimum atomic E-state index is -0.484. The van der Waals surface area contributed by atoms with Gasteiger partial charge in [-0.2, -0.15) is 0 Å². The van der Waals surface area contributed by atoms with Gasteiger partial charge >= 0.3 is 5.97 Å². The van der Waals surface area contributed by atoms with Crippen LogP contribution in [0.15, 0.2) is 103 Å². The Morgan fingerprint density at radius 2 is 1.43 bits per heavy atom. The molecule has 0 bridgehead atoms. The maximum absolute atomic E-state index is 12.3. The predicted molar refractivity (Wildman–Crippen MR) is 157 cm³/mol. The molecule has 6 rings (SSSR count). The summed E-state index contributed by atoms with van der Waals surface area (Å²) in [6, 6.07) is 37.3. The number of esters is 1. The van der Waals surface area contributed by atoms with Crippen LogP contribution in [-0.4, -0.2) is 33.5 Å². The van der Waals surface area contributed by atoms with E-state index in [0.717, 1.165) is 13.0 Å². The van der Waals surface area contributed by atoms with E-state index >= 15 is 0 Å². The summed E-state index contributed by atoms with van der Waals surface area (Å²) in [5.74, 6) is -0.219. The zero-order valence-electron chi connectivity index (χ0n) is 21.1. The van der Waals surface area contributed by atoms with Crippen LogP contribution in [0, 0.1) is 6.92 Å². The van der Waals surface area contributed by atoms with Crippen LogP contribution in [0.3, 0.4) is 0 Å². The van der Waals surface area contributed by atoms with Gasteiger partial charge in [0.15, 0.2) is 0 Å². The highest BCUT2D eigenvalue weighted by Gasteiger charge is 2.56. The number of ether oxygens (including phenoxy) is 1. The zero-order valence-corrected chi connectivity index (χ0v) is 23.3. The van der Waals surface area contributed by atoms with Gasteiger partial charge in [-0.1, -0.05) is 131 Å². The first-order valence-electron chi connectivity index (χ1n) is 12.9. The fourth-order valence-electron chi connectivity index (χ4n) is 6.44. The first kappa shape index (κ1) is 24.4. The Kier molecular flexibility index (Phi) is 6.41. The Hall–Kier alpha value is -2.96. The molecular formula is C33H30INO2. The average Bonchev–Trinajstić information content (AvgIpc) is 3.38. The number of fused-ring (bicyclic) bond motifs is 3. The zero-order chi connectivity index (χ0) is 25.6. The lowest BCUT2D eigenvalue weighted by Crippen LogP contribution is -2.52. The fourth-order valence-corrected chi connectivity index (χ4v) is 7.50. The van der Waals surface area contributed by atoms with Gasteiger partial charge in [0.05, 0.1) is 15.5 Å². The Morgan fingerprint density at radius 1 is 0.865 bits per heavy atom. The van der Waals surface area contributed by atoms with Gasteiger partial charge in [0, 0.05) is 13.5 Å². The molecule has 0 spiro atoms. The summed E-state index contributed by atoms with van der Waals surface area (Å²) in [5, 5.41) is 0. The molecule has 0 aromatic heterocycles. The molecule has 2 aliphatic rings. The quantitative estimate of drug-likeness (QED) is 0.142. The van der Waals surface area contributed by atoms with Crippen molar-refractivity contribution in [1.29, 1.82) is 0 Å². The average molecular weight is 600 g/mol. The molecule has 186 valence electrons. The van der Waals surface area contributed by atoms with Crippen LogP contribution in [0.25, 0.3) is 11.1 Å². The first-order chi connectivity index (χ1) is 18.0. The van der Waals surface area contributed by atoms with Gasteiger partial charge in [-0.25, -0.2) is 0 Å². The second kappa shape index (κ2) is 9.73. The van der Waals surface area contributed by atoms with E-state index in [4.69, 9.17) is 4.74 Å². The molecular weight excluding hydrogens is 569 g/mol. The van der Waals surface area contributed by atoms with E-state index < -0.39 is 5.54 Å². The smallest absolute Gasteiger partial charge is 0.302 e. The SMILES string of the molecule is CC(=O)O[C@@H]1[C@@H](I)CN(C2(c3ccccc3)c3ccccc3-c3ccccc32)[C@H]1Cc1ccc(C)cc1. The van der Waals surface area contributed by atoms with Crippen LogP contribution in [0.5, 0.6) is 0 Å². The van der Waals surface area contributed by atoms with Crippen molar-refractivity contribution in [3.8, 4) is 11.1 Å². The first-order valence-corrected chi connectivity index (χ1v) is 14.1. The minimum absolute atomic E-state index is 0.00734. The topological polar surface area (TPSA) is 29.5 Å². The van der Waals surface area contributed by atoms with E-state index in [0.29, 0.717) is 0 Å². The fraction of sp³-hybridized carbons (Fsp3) is 0.242. The van der Waals surface area contributed by atoms with Gasteiger partial charge in [-0.05, 0) is 46.7 Å². The van der Waals surface area contributed by atoms with Crippen LogP contribution < -0.4 is 0 Å². The van der Waals surface area contributed by atoms with Crippen molar-refractivity contribution in [3.05, 3.63) is 131 Å². The summed E-state index contributed by atoms with van der Waals surface area (Å²) >= 11 is 2.50. The summed E-state index contributed by atoms with van der Waals surface area (Å²) in [6.07, 6.45) is 0.594. The monoisotopic (exact) mass is 599 g/mol. The van der Waals surface area contributed by atoms with Crippen molar-refractivity contribution in [3.63, 3.8) is 0 Å². The largest absolute Gasteiger partial charge is 0.460 e. The van der Waals surface area contributed by atoms with Gasteiger partial charge in [0.1, 0.15) is 6.10 Å². The molecule has 1 fully saturated rings. The van der Waals surface area contributed by atoms with E-state index in [1.807, 2.05) is 0 Å². The molecule has 0 unspecified atom stereocenters. The van der Waals surface area contributed by atoms with E-state index in [9.17, 15) is 4.79 Å². The lowest BCUT2D eigenvalue weighted by molar-refractivity contribution is -0.147. The van der Waals surface area contributed by atoms with Gasteiger partial charge in [-0.15, -0.1) is 0 Å². The van der Waals surface area contributed by atoms with Gasteiger partial charge in [-0.3, -0.25) is 9.69 Å². The highest BCUT2D eigenvalue weighted by molar-refractivity contribution is 14.1. The summed E-state index contributed by atoms with van der Waals surface area (Å²) in [6.45, 7) is 4.46. The molecule has 1 saturated heterocycles. The number of halogens is 1. The summed E-state index contributed by atoms with van der Waals surface area (Å²) in [7, 11) is 0. The standard InChI is InChI=1S/C33H30INO2/c1-22-16-18-24(19-17-22)20-31-32(37-23(2)36)30(34)21-35(31)33(25-10-4-3-5-11-25)28-14-8-6-12-26(28)27-13-7-9-15-29(27)33/h3-19,30-32H,20-21H2,1-2H3/t30-,31-,32+/m0/s1. The minimum Gasteiger partial charge on any atom is -0.460 e. The third-order valence-corrected chi connectivity index (χ3v) is 9.02. The Labute approximate surface area is 232 Å². The van der Waals surface area contributed by atoms with Crippen molar-refractivity contribution in [1.82, 2.24) is 4.90 Å². The molecule has 4 aromatic carbocycles. The van der Waals surface area contributed by atoms with Gasteiger partial charge in [0.2, 0.25) is 0 Å². The number of hydrogen-bond acceptors (Lipinski definition) is 3. The molecule has 3 nitrogen and oxygen atoms in total. The van der Waals surface area contributed by atoms with Crippen molar-refractivity contribution in [2.24, 2.45) is 0 Å². The number of likely N-dealkylation sites (tertiary alicyclic amines) is 1. The Morgan fingerprint density at radius 3 is 2.03 bits per heavy atom. The lowest BCUT2D eigenvalue weighted by atomic mass is 9.78. The maximum Gasteiger partial charge on any atom is 0.302 e. The Bertz CT molecular complexity index is 1390. The number of aryl methyl sites for hydroxylation is 1. The number of hydrogen-bond donors (Lipinski definition) is 0. The van der Waals surface area contributed by atoms with Crippen molar-refractivity contribution < 1.29 is 9.53 Å². The maximum atomic E-state index is 12.3. The summed E-state index contributed by atoms with van der Waals surface area (Å²) < 4.78 is 6.25. The second-order valence-corrected chi connectivity index (χ2v) is 11.8. The van der Waals surface area contributed by atoms with Gasteiger partial charge in [0.25, 0.3) is 0 Å². The third-order valence-electron chi connectivity index (χ3n) is 7.92. The molecule has 3 atom stereocenters. The molecule has 1 aliphatic heterocycles. The third kappa shape index (κ3) is 4.02. The molecule has 4 heteroatoms. The lowest BCUT2D eigenvalue weighted by Gasteiger charge is -2.45. The predicted octanol–water partition coefficient (Wildman–Crippen LogP) is 6.93. The second-order valence-electron chi connectivity index (χ2n) is 10.2. The number of alkyl halides is 1. The van der Waals surface area contributed by atoms with Crippen LogP contribution in [0.4, 0.5) is 0 Å². The Balaban J connectivity index is 1.60. The molecule has 37 heavy (non-hydrogen) atoms. The molecule has 1 heterocycles. The highest BCUT2D eigenvalue weighted by Crippen LogP contribution is 2.56. The van der Waals surface area contributed by atoms with Gasteiger partial charge < -0.3 is 4.74 Å². The van der Waals surface area contributed by atoms with Crippen LogP contribution in [0.2, 0.25) is 0 Å². The van der Waals surface area contributed by atoms with Crippen LogP contribution in [0.1, 0.15) is 34.7 Å². The summed E-state index contributed by atoms with van der Waals surface area (Å²) in [4.78, 5) is 15.0. The van der Waals surface area contributed by atoms with Crippen LogP contribution >= 0.6 is 22.6 Å². The molecule has 1 aliphatic carbocycles. The van der Waals surface area contributed by atoms with Crippen molar-refractivity contribution in [2.45, 2.75) is 41.9 Å². The molecule has 0 radical (unpaired) electrons. The van der Waals surface area contributed by atoms with E-state index in [1.54, 1.807) is 0 Å². The molecule has 4 aromatic rings. The van der Waals surface area contributed by atoms with E-state index in [2.05, 4.69) is 138 Å². The number of nitrogens with zero attached hydrogens (tertiary/aromatic N) is 1. The number of benzene rings is 4. The van der Waals surface area contributed by atoms with E-state index in [1.165, 1.54) is 45.9 Å². The van der Waals surface area contributed by atoms with E-state index in [-0.39, 0.29) is 22.0 Å².